The molecule has 0 heterocycles. The molecule has 0 bridgehead atoms. The van der Waals surface area contributed by atoms with Crippen molar-refractivity contribution in [3.05, 3.63) is 34.1 Å². The van der Waals surface area contributed by atoms with Crippen LogP contribution in [0.25, 0.3) is 0 Å². The zero-order valence-electron chi connectivity index (χ0n) is 12.6. The van der Waals surface area contributed by atoms with Crippen LogP contribution in [0.3, 0.4) is 0 Å². The number of aliphatic hydroxyl groups excluding tert-OH is 1. The second kappa shape index (κ2) is 5.20. The average Bonchev–Trinajstić information content (AvgIpc) is 2.42. The van der Waals surface area contributed by atoms with Gasteiger partial charge < -0.3 is 5.11 Å². The molecule has 0 aromatic heterocycles. The van der Waals surface area contributed by atoms with E-state index < -0.39 is 8.07 Å². The topological polar surface area (TPSA) is 20.2 Å². The van der Waals surface area contributed by atoms with Gasteiger partial charge in [0.05, 0.1) is 5.76 Å². The zero-order valence-corrected chi connectivity index (χ0v) is 13.6. The Morgan fingerprint density at radius 1 is 1.11 bits per heavy atom. The third kappa shape index (κ3) is 2.79. The number of hydrogen-bond acceptors (Lipinski definition) is 1. The van der Waals surface area contributed by atoms with Gasteiger partial charge in [-0.25, -0.2) is 0 Å². The maximum Gasteiger partial charge on any atom is 0.143 e. The van der Waals surface area contributed by atoms with Gasteiger partial charge in [-0.15, -0.1) is 5.54 Å². The molecule has 1 aliphatic carbocycles. The number of allylic oxidation sites excluding steroid dienone is 6. The van der Waals surface area contributed by atoms with Crippen LogP contribution >= 0.6 is 0 Å². The number of aliphatic hydroxyl groups is 1. The van der Waals surface area contributed by atoms with E-state index in [0.717, 1.165) is 0 Å². The molecule has 0 aliphatic heterocycles. The van der Waals surface area contributed by atoms with Crippen LogP contribution in [0.2, 0.25) is 18.6 Å². The minimum atomic E-state index is -1.68. The Kier molecular flexibility index (Phi) is 4.29. The van der Waals surface area contributed by atoms with Crippen molar-refractivity contribution < 1.29 is 5.11 Å². The lowest BCUT2D eigenvalue weighted by molar-refractivity contribution is 0.415. The molecule has 2 heteroatoms. The molecule has 1 N–H and O–H groups in total. The highest BCUT2D eigenvalue weighted by Gasteiger charge is 2.37. The highest BCUT2D eigenvalue weighted by atomic mass is 28.3. The molecule has 0 saturated heterocycles. The Morgan fingerprint density at radius 2 is 1.56 bits per heavy atom. The van der Waals surface area contributed by atoms with Crippen molar-refractivity contribution in [2.45, 2.75) is 53.3 Å². The van der Waals surface area contributed by atoms with Crippen molar-refractivity contribution in [2.24, 2.45) is 0 Å². The van der Waals surface area contributed by atoms with E-state index in [2.05, 4.69) is 52.3 Å². The fourth-order valence-electron chi connectivity index (χ4n) is 2.83. The first-order valence-electron chi connectivity index (χ1n) is 6.42. The van der Waals surface area contributed by atoms with Gasteiger partial charge in [-0.1, -0.05) is 30.2 Å². The fraction of sp³-hybridized carbons (Fsp3) is 0.500. The first-order chi connectivity index (χ1) is 8.18. The summed E-state index contributed by atoms with van der Waals surface area (Å²) in [5.74, 6) is 3.31. The van der Waals surface area contributed by atoms with Crippen molar-refractivity contribution in [1.29, 1.82) is 0 Å². The predicted octanol–water partition coefficient (Wildman–Crippen LogP) is 4.76. The largest absolute Gasteiger partial charge is 0.512 e. The Bertz CT molecular complexity index is 479. The minimum Gasteiger partial charge on any atom is -0.512 e. The van der Waals surface area contributed by atoms with E-state index in [1.54, 1.807) is 13.0 Å². The molecule has 0 spiro atoms. The van der Waals surface area contributed by atoms with E-state index >= 15 is 0 Å². The van der Waals surface area contributed by atoms with E-state index in [4.69, 9.17) is 5.11 Å². The molecule has 0 aromatic rings. The Balaban J connectivity index is 3.14. The summed E-state index contributed by atoms with van der Waals surface area (Å²) in [6, 6.07) is 0. The average molecular weight is 260 g/mol. The Morgan fingerprint density at radius 3 is 1.94 bits per heavy atom. The van der Waals surface area contributed by atoms with Gasteiger partial charge in [0, 0.05) is 11.6 Å². The van der Waals surface area contributed by atoms with Gasteiger partial charge >= 0.3 is 0 Å². The zero-order chi connectivity index (χ0) is 14.1. The SMILES string of the molecule is CC(O)=CC#C[Si](C)(C)C1C(C)=C(C)C(C)=C1C. The third-order valence-electron chi connectivity index (χ3n) is 4.01. The Labute approximate surface area is 112 Å². The summed E-state index contributed by atoms with van der Waals surface area (Å²) in [5.41, 5.74) is 9.79. The Hall–Kier alpha value is -1.20. The van der Waals surface area contributed by atoms with Crippen LogP contribution in [0, 0.1) is 11.5 Å². The van der Waals surface area contributed by atoms with Crippen molar-refractivity contribution in [1.82, 2.24) is 0 Å². The predicted molar refractivity (Wildman–Crippen MR) is 82.1 cm³/mol. The van der Waals surface area contributed by atoms with Crippen molar-refractivity contribution in [2.75, 3.05) is 0 Å². The quantitative estimate of drug-likeness (QED) is 0.409. The monoisotopic (exact) mass is 260 g/mol. The third-order valence-corrected chi connectivity index (χ3v) is 7.11. The lowest BCUT2D eigenvalue weighted by Crippen LogP contribution is -2.31. The second-order valence-electron chi connectivity index (χ2n) is 5.83. The molecular weight excluding hydrogens is 236 g/mol. The lowest BCUT2D eigenvalue weighted by Gasteiger charge is -2.27. The van der Waals surface area contributed by atoms with Crippen molar-refractivity contribution in [3.63, 3.8) is 0 Å². The minimum absolute atomic E-state index is 0.283. The number of hydrogen-bond donors (Lipinski definition) is 1. The normalized spacial score (nSPS) is 18.3. The summed E-state index contributed by atoms with van der Waals surface area (Å²) in [6.07, 6.45) is 1.60. The molecule has 1 rings (SSSR count). The number of rotatable bonds is 1. The lowest BCUT2D eigenvalue weighted by atomic mass is 10.1. The van der Waals surface area contributed by atoms with Crippen LogP contribution in [0.15, 0.2) is 34.1 Å². The van der Waals surface area contributed by atoms with E-state index in [1.807, 2.05) is 0 Å². The van der Waals surface area contributed by atoms with Crippen LogP contribution < -0.4 is 0 Å². The summed E-state index contributed by atoms with van der Waals surface area (Å²) >= 11 is 0. The van der Waals surface area contributed by atoms with Crippen LogP contribution in [0.1, 0.15) is 34.6 Å². The van der Waals surface area contributed by atoms with E-state index in [0.29, 0.717) is 5.54 Å². The van der Waals surface area contributed by atoms with Crippen molar-refractivity contribution >= 4 is 8.07 Å². The summed E-state index contributed by atoms with van der Waals surface area (Å²) < 4.78 is 0. The molecule has 0 radical (unpaired) electrons. The van der Waals surface area contributed by atoms with Gasteiger partial charge in [-0.3, -0.25) is 0 Å². The van der Waals surface area contributed by atoms with Crippen LogP contribution in [0.5, 0.6) is 0 Å². The van der Waals surface area contributed by atoms with Gasteiger partial charge in [-0.05, 0) is 45.8 Å². The van der Waals surface area contributed by atoms with E-state index in [-0.39, 0.29) is 5.76 Å². The van der Waals surface area contributed by atoms with Crippen LogP contribution in [-0.4, -0.2) is 13.2 Å². The molecule has 0 atom stereocenters. The van der Waals surface area contributed by atoms with Gasteiger partial charge in [0.1, 0.15) is 8.07 Å². The second-order valence-corrected chi connectivity index (χ2v) is 10.1. The molecule has 98 valence electrons. The summed E-state index contributed by atoms with van der Waals surface area (Å²) in [6.45, 7) is 15.2. The first kappa shape index (κ1) is 14.9. The van der Waals surface area contributed by atoms with Gasteiger partial charge in [0.15, 0.2) is 0 Å². The molecule has 0 unspecified atom stereocenters. The van der Waals surface area contributed by atoms with E-state index in [1.165, 1.54) is 22.3 Å². The highest BCUT2D eigenvalue weighted by molar-refractivity contribution is 6.87. The molecule has 0 amide bonds. The van der Waals surface area contributed by atoms with Gasteiger partial charge in [0.2, 0.25) is 0 Å². The first-order valence-corrected chi connectivity index (χ1v) is 9.49. The maximum absolute atomic E-state index is 9.16. The standard InChI is InChI=1S/C16H24OSi/c1-11(17)9-8-10-18(6,7)16-14(4)12(2)13(3)15(16)5/h9,16-17H,1-7H3. The summed E-state index contributed by atoms with van der Waals surface area (Å²) in [4.78, 5) is 0. The smallest absolute Gasteiger partial charge is 0.143 e. The molecule has 0 fully saturated rings. The molecular formula is C16H24OSi. The maximum atomic E-state index is 9.16. The molecule has 0 aromatic carbocycles. The molecule has 0 saturated carbocycles. The van der Waals surface area contributed by atoms with Crippen molar-refractivity contribution in [3.8, 4) is 11.5 Å². The summed E-state index contributed by atoms with van der Waals surface area (Å²) in [7, 11) is -1.68. The molecule has 18 heavy (non-hydrogen) atoms. The van der Waals surface area contributed by atoms with Gasteiger partial charge in [0.25, 0.3) is 0 Å². The molecule has 1 aliphatic rings. The highest BCUT2D eigenvalue weighted by Crippen LogP contribution is 2.46. The summed E-state index contributed by atoms with van der Waals surface area (Å²) in [5, 5.41) is 9.16. The van der Waals surface area contributed by atoms with Crippen LogP contribution in [0.4, 0.5) is 0 Å². The van der Waals surface area contributed by atoms with E-state index in [9.17, 15) is 0 Å². The van der Waals surface area contributed by atoms with Crippen LogP contribution in [-0.2, 0) is 0 Å². The van der Waals surface area contributed by atoms with Gasteiger partial charge in [-0.2, -0.15) is 0 Å². The molecule has 1 nitrogen and oxygen atoms in total. The fourth-order valence-corrected chi connectivity index (χ4v) is 6.02.